The van der Waals surface area contributed by atoms with Crippen LogP contribution in [0.3, 0.4) is 0 Å². The fourth-order valence-corrected chi connectivity index (χ4v) is 4.33. The number of aryl methyl sites for hydroxylation is 2. The smallest absolute Gasteiger partial charge is 0.243 e. The van der Waals surface area contributed by atoms with Gasteiger partial charge in [0.2, 0.25) is 15.9 Å². The maximum absolute atomic E-state index is 12.7. The molecule has 1 N–H and O–H groups in total. The van der Waals surface area contributed by atoms with Crippen LogP contribution in [-0.2, 0) is 27.7 Å². The van der Waals surface area contributed by atoms with E-state index in [-0.39, 0.29) is 11.9 Å². The molecule has 6 heteroatoms. The van der Waals surface area contributed by atoms with Crippen molar-refractivity contribution in [2.24, 2.45) is 0 Å². The number of hydrogen-bond donors (Lipinski definition) is 1. The Morgan fingerprint density at radius 3 is 2.14 bits per heavy atom. The molecule has 0 radical (unpaired) electrons. The lowest BCUT2D eigenvalue weighted by atomic mass is 10.1. The number of rotatable bonds is 9. The first kappa shape index (κ1) is 22.0. The van der Waals surface area contributed by atoms with Gasteiger partial charge in [-0.25, -0.2) is 8.42 Å². The van der Waals surface area contributed by atoms with Crippen molar-refractivity contribution in [2.45, 2.75) is 52.1 Å². The summed E-state index contributed by atoms with van der Waals surface area (Å²) in [5.74, 6) is -0.300. The van der Waals surface area contributed by atoms with Crippen LogP contribution in [0, 0.1) is 0 Å². The van der Waals surface area contributed by atoms with Crippen molar-refractivity contribution in [3.8, 4) is 0 Å². The molecule has 1 amide bonds. The van der Waals surface area contributed by atoms with Gasteiger partial charge >= 0.3 is 0 Å². The summed E-state index contributed by atoms with van der Waals surface area (Å²) in [5.41, 5.74) is 2.83. The van der Waals surface area contributed by atoms with Gasteiger partial charge in [0.15, 0.2) is 0 Å². The largest absolute Gasteiger partial charge is 0.352 e. The van der Waals surface area contributed by atoms with Gasteiger partial charge in [-0.15, -0.1) is 0 Å². The lowest BCUT2D eigenvalue weighted by molar-refractivity contribution is -0.122. The van der Waals surface area contributed by atoms with Crippen LogP contribution < -0.4 is 9.62 Å². The number of amides is 1. The highest BCUT2D eigenvalue weighted by atomic mass is 32.2. The maximum Gasteiger partial charge on any atom is 0.243 e. The number of carbonyl (C=O) groups excluding carboxylic acids is 1. The second kappa shape index (κ2) is 9.73. The number of sulfonamides is 1. The van der Waals surface area contributed by atoms with Gasteiger partial charge in [0, 0.05) is 6.04 Å². The van der Waals surface area contributed by atoms with Gasteiger partial charge in [0.05, 0.1) is 11.9 Å². The van der Waals surface area contributed by atoms with E-state index in [0.717, 1.165) is 31.1 Å². The number of carbonyl (C=O) groups is 1. The van der Waals surface area contributed by atoms with Crippen LogP contribution in [0.25, 0.3) is 0 Å². The third-order valence-electron chi connectivity index (χ3n) is 4.79. The first-order valence-corrected chi connectivity index (χ1v) is 11.5. The summed E-state index contributed by atoms with van der Waals surface area (Å²) < 4.78 is 25.9. The van der Waals surface area contributed by atoms with E-state index >= 15 is 0 Å². The Hall–Kier alpha value is -2.34. The second-order valence-corrected chi connectivity index (χ2v) is 9.05. The van der Waals surface area contributed by atoms with E-state index in [1.807, 2.05) is 44.2 Å². The summed E-state index contributed by atoms with van der Waals surface area (Å²) in [6.07, 6.45) is 3.63. The standard InChI is InChI=1S/C22H30N2O3S/c1-5-19-13-15-21(16-14-19)24(28(4,26)27)18(3)22(25)23-17(2)11-12-20-9-7-6-8-10-20/h6-10,13-18H,5,11-12H2,1-4H3,(H,23,25)/t17-,18-/m1/s1. The molecule has 152 valence electrons. The Balaban J connectivity index is 2.06. The highest BCUT2D eigenvalue weighted by Gasteiger charge is 2.29. The molecule has 0 fully saturated rings. The van der Waals surface area contributed by atoms with Crippen molar-refractivity contribution in [3.63, 3.8) is 0 Å². The van der Waals surface area contributed by atoms with E-state index in [0.29, 0.717) is 5.69 Å². The summed E-state index contributed by atoms with van der Waals surface area (Å²) in [4.78, 5) is 12.7. The number of nitrogens with zero attached hydrogens (tertiary/aromatic N) is 1. The van der Waals surface area contributed by atoms with Crippen LogP contribution in [0.5, 0.6) is 0 Å². The van der Waals surface area contributed by atoms with Crippen LogP contribution in [0.4, 0.5) is 5.69 Å². The predicted molar refractivity (Wildman–Crippen MR) is 115 cm³/mol. The molecule has 0 aromatic heterocycles. The van der Waals surface area contributed by atoms with Crippen molar-refractivity contribution >= 4 is 21.6 Å². The Kier molecular flexibility index (Phi) is 7.63. The number of anilines is 1. The molecule has 2 rings (SSSR count). The lowest BCUT2D eigenvalue weighted by Crippen LogP contribution is -2.50. The highest BCUT2D eigenvalue weighted by molar-refractivity contribution is 7.92. The third-order valence-corrected chi connectivity index (χ3v) is 6.03. The van der Waals surface area contributed by atoms with E-state index in [4.69, 9.17) is 0 Å². The quantitative estimate of drug-likeness (QED) is 0.698. The monoisotopic (exact) mass is 402 g/mol. The van der Waals surface area contributed by atoms with Crippen molar-refractivity contribution in [1.82, 2.24) is 5.32 Å². The number of nitrogens with one attached hydrogen (secondary N) is 1. The molecule has 2 aromatic carbocycles. The summed E-state index contributed by atoms with van der Waals surface area (Å²) in [6, 6.07) is 16.5. The van der Waals surface area contributed by atoms with E-state index in [9.17, 15) is 13.2 Å². The molecular formula is C22H30N2O3S. The highest BCUT2D eigenvalue weighted by Crippen LogP contribution is 2.22. The summed E-state index contributed by atoms with van der Waals surface area (Å²) in [6.45, 7) is 5.60. The number of hydrogen-bond acceptors (Lipinski definition) is 3. The van der Waals surface area contributed by atoms with Gasteiger partial charge in [-0.2, -0.15) is 0 Å². The summed E-state index contributed by atoms with van der Waals surface area (Å²) in [7, 11) is -3.60. The molecule has 0 saturated carbocycles. The van der Waals surface area contributed by atoms with E-state index in [1.165, 1.54) is 9.87 Å². The molecule has 0 aliphatic rings. The van der Waals surface area contributed by atoms with Gasteiger partial charge in [-0.3, -0.25) is 9.10 Å². The molecular weight excluding hydrogens is 372 g/mol. The zero-order valence-electron chi connectivity index (χ0n) is 17.1. The van der Waals surface area contributed by atoms with Crippen molar-refractivity contribution in [2.75, 3.05) is 10.6 Å². The first-order chi connectivity index (χ1) is 13.2. The van der Waals surface area contributed by atoms with Crippen LogP contribution in [0.1, 0.15) is 38.3 Å². The Bertz CT molecular complexity index is 864. The average Bonchev–Trinajstić information content (AvgIpc) is 2.66. The molecule has 0 saturated heterocycles. The second-order valence-electron chi connectivity index (χ2n) is 7.19. The molecule has 0 aliphatic heterocycles. The molecule has 0 unspecified atom stereocenters. The first-order valence-electron chi connectivity index (χ1n) is 9.65. The lowest BCUT2D eigenvalue weighted by Gasteiger charge is -2.29. The van der Waals surface area contributed by atoms with Crippen LogP contribution >= 0.6 is 0 Å². The molecule has 0 aliphatic carbocycles. The van der Waals surface area contributed by atoms with Gasteiger partial charge in [0.1, 0.15) is 6.04 Å². The number of benzene rings is 2. The topological polar surface area (TPSA) is 66.5 Å². The minimum Gasteiger partial charge on any atom is -0.352 e. The SMILES string of the molecule is CCc1ccc(N([C@H](C)C(=O)N[C@H](C)CCc2ccccc2)S(C)(=O)=O)cc1. The molecule has 28 heavy (non-hydrogen) atoms. The van der Waals surface area contributed by atoms with E-state index in [1.54, 1.807) is 19.1 Å². The molecule has 0 bridgehead atoms. The Labute approximate surface area is 168 Å². The zero-order valence-corrected chi connectivity index (χ0v) is 17.9. The summed E-state index contributed by atoms with van der Waals surface area (Å²) >= 11 is 0. The Morgan fingerprint density at radius 2 is 1.61 bits per heavy atom. The zero-order chi connectivity index (χ0) is 20.7. The molecule has 5 nitrogen and oxygen atoms in total. The van der Waals surface area contributed by atoms with Crippen LogP contribution in [0.2, 0.25) is 0 Å². The third kappa shape index (κ3) is 6.09. The molecule has 0 heterocycles. The van der Waals surface area contributed by atoms with Gasteiger partial charge in [0.25, 0.3) is 0 Å². The van der Waals surface area contributed by atoms with Crippen LogP contribution in [0.15, 0.2) is 54.6 Å². The van der Waals surface area contributed by atoms with E-state index < -0.39 is 16.1 Å². The minimum absolute atomic E-state index is 0.0565. The normalized spacial score (nSPS) is 13.6. The van der Waals surface area contributed by atoms with Gasteiger partial charge in [-0.05, 0) is 56.4 Å². The maximum atomic E-state index is 12.7. The fraction of sp³-hybridized carbons (Fsp3) is 0.409. The van der Waals surface area contributed by atoms with Crippen molar-refractivity contribution in [1.29, 1.82) is 0 Å². The average molecular weight is 403 g/mol. The van der Waals surface area contributed by atoms with Crippen LogP contribution in [-0.4, -0.2) is 32.7 Å². The Morgan fingerprint density at radius 1 is 1.00 bits per heavy atom. The molecule has 0 spiro atoms. The molecule has 2 atom stereocenters. The van der Waals surface area contributed by atoms with E-state index in [2.05, 4.69) is 17.4 Å². The van der Waals surface area contributed by atoms with Gasteiger partial charge < -0.3 is 5.32 Å². The summed E-state index contributed by atoms with van der Waals surface area (Å²) in [5, 5.41) is 2.95. The predicted octanol–water partition coefficient (Wildman–Crippen LogP) is 3.54. The van der Waals surface area contributed by atoms with Gasteiger partial charge in [-0.1, -0.05) is 49.4 Å². The van der Waals surface area contributed by atoms with Crippen molar-refractivity contribution < 1.29 is 13.2 Å². The van der Waals surface area contributed by atoms with Crippen molar-refractivity contribution in [3.05, 3.63) is 65.7 Å². The fourth-order valence-electron chi connectivity index (χ4n) is 3.15. The molecule has 2 aromatic rings. The minimum atomic E-state index is -3.60.